The average molecular weight is 263 g/mol. The number of rotatable bonds is 4. The molecule has 0 saturated carbocycles. The quantitative estimate of drug-likeness (QED) is 0.899. The Balaban J connectivity index is 1.97. The second-order valence-electron chi connectivity index (χ2n) is 4.83. The van der Waals surface area contributed by atoms with Gasteiger partial charge in [-0.2, -0.15) is 0 Å². The fourth-order valence-electron chi connectivity index (χ4n) is 2.23. The van der Waals surface area contributed by atoms with E-state index in [-0.39, 0.29) is 12.0 Å². The lowest BCUT2D eigenvalue weighted by Gasteiger charge is -2.27. The van der Waals surface area contributed by atoms with Crippen LogP contribution in [-0.2, 0) is 4.74 Å². The maximum Gasteiger partial charge on any atom is 0.272 e. The highest BCUT2D eigenvalue weighted by atomic mass is 16.5. The summed E-state index contributed by atoms with van der Waals surface area (Å²) in [6.45, 7) is 1.44. The number of ether oxygens (including phenoxy) is 1. The second-order valence-corrected chi connectivity index (χ2v) is 4.83. The van der Waals surface area contributed by atoms with Crippen molar-refractivity contribution in [2.45, 2.75) is 25.4 Å². The van der Waals surface area contributed by atoms with E-state index in [0.29, 0.717) is 18.1 Å². The summed E-state index contributed by atoms with van der Waals surface area (Å²) >= 11 is 0. The monoisotopic (exact) mass is 263 g/mol. The molecule has 2 rings (SSSR count). The number of nitrogens with one attached hydrogen (secondary N) is 1. The Bertz CT molecular complexity index is 430. The van der Waals surface area contributed by atoms with E-state index in [1.165, 1.54) is 6.42 Å². The van der Waals surface area contributed by atoms with Gasteiger partial charge in [-0.1, -0.05) is 6.07 Å². The third kappa shape index (κ3) is 3.67. The molecule has 104 valence electrons. The SMILES string of the molecule is CNc1cccc(C(=O)N(C)CC2CCCCO2)n1. The molecule has 1 amide bonds. The van der Waals surface area contributed by atoms with Crippen LogP contribution in [0.4, 0.5) is 5.82 Å². The first-order valence-corrected chi connectivity index (χ1v) is 6.72. The summed E-state index contributed by atoms with van der Waals surface area (Å²) < 4.78 is 5.65. The summed E-state index contributed by atoms with van der Waals surface area (Å²) in [5.41, 5.74) is 0.463. The molecule has 1 aromatic heterocycles. The van der Waals surface area contributed by atoms with Crippen molar-refractivity contribution in [3.63, 3.8) is 0 Å². The normalized spacial score (nSPS) is 18.9. The van der Waals surface area contributed by atoms with E-state index in [4.69, 9.17) is 4.74 Å². The molecular formula is C14H21N3O2. The van der Waals surface area contributed by atoms with Gasteiger partial charge in [-0.25, -0.2) is 4.98 Å². The lowest BCUT2D eigenvalue weighted by atomic mass is 10.1. The highest BCUT2D eigenvalue weighted by Gasteiger charge is 2.20. The van der Waals surface area contributed by atoms with E-state index in [9.17, 15) is 4.79 Å². The zero-order valence-electron chi connectivity index (χ0n) is 11.6. The Kier molecular flexibility index (Phi) is 4.74. The summed E-state index contributed by atoms with van der Waals surface area (Å²) in [6.07, 6.45) is 3.50. The first-order valence-electron chi connectivity index (χ1n) is 6.72. The van der Waals surface area contributed by atoms with Gasteiger partial charge in [0.2, 0.25) is 0 Å². The second kappa shape index (κ2) is 6.52. The predicted octanol–water partition coefficient (Wildman–Crippen LogP) is 1.76. The van der Waals surface area contributed by atoms with Crippen LogP contribution in [0.15, 0.2) is 18.2 Å². The van der Waals surface area contributed by atoms with Gasteiger partial charge in [0.15, 0.2) is 0 Å². The average Bonchev–Trinajstić information content (AvgIpc) is 2.47. The van der Waals surface area contributed by atoms with E-state index in [0.717, 1.165) is 19.4 Å². The van der Waals surface area contributed by atoms with Crippen LogP contribution in [0.3, 0.4) is 0 Å². The van der Waals surface area contributed by atoms with Crippen LogP contribution in [0.25, 0.3) is 0 Å². The minimum atomic E-state index is -0.0636. The molecule has 1 aromatic rings. The summed E-state index contributed by atoms with van der Waals surface area (Å²) in [7, 11) is 3.59. The molecule has 0 spiro atoms. The number of pyridine rings is 1. The number of hydrogen-bond acceptors (Lipinski definition) is 4. The predicted molar refractivity (Wildman–Crippen MR) is 74.3 cm³/mol. The number of carbonyl (C=O) groups excluding carboxylic acids is 1. The van der Waals surface area contributed by atoms with Gasteiger partial charge < -0.3 is 15.0 Å². The van der Waals surface area contributed by atoms with Crippen LogP contribution in [0.5, 0.6) is 0 Å². The summed E-state index contributed by atoms with van der Waals surface area (Å²) in [4.78, 5) is 18.2. The molecule has 0 aromatic carbocycles. The molecule has 2 heterocycles. The van der Waals surface area contributed by atoms with Gasteiger partial charge in [0.05, 0.1) is 6.10 Å². The highest BCUT2D eigenvalue weighted by Crippen LogP contribution is 2.14. The number of anilines is 1. The Morgan fingerprint density at radius 1 is 1.53 bits per heavy atom. The number of hydrogen-bond donors (Lipinski definition) is 1. The molecule has 5 nitrogen and oxygen atoms in total. The molecule has 0 radical (unpaired) electrons. The molecule has 1 N–H and O–H groups in total. The largest absolute Gasteiger partial charge is 0.376 e. The maximum absolute atomic E-state index is 12.3. The summed E-state index contributed by atoms with van der Waals surface area (Å²) in [5, 5.41) is 2.94. The van der Waals surface area contributed by atoms with Gasteiger partial charge in [0.25, 0.3) is 5.91 Å². The van der Waals surface area contributed by atoms with Crippen LogP contribution < -0.4 is 5.32 Å². The van der Waals surface area contributed by atoms with Crippen molar-refractivity contribution in [1.82, 2.24) is 9.88 Å². The van der Waals surface area contributed by atoms with Crippen molar-refractivity contribution < 1.29 is 9.53 Å². The minimum Gasteiger partial charge on any atom is -0.376 e. The molecule has 19 heavy (non-hydrogen) atoms. The van der Waals surface area contributed by atoms with Crippen molar-refractivity contribution in [2.75, 3.05) is 32.6 Å². The fraction of sp³-hybridized carbons (Fsp3) is 0.571. The van der Waals surface area contributed by atoms with Gasteiger partial charge >= 0.3 is 0 Å². The summed E-state index contributed by atoms with van der Waals surface area (Å²) in [5.74, 6) is 0.638. The van der Waals surface area contributed by atoms with Crippen molar-refractivity contribution in [1.29, 1.82) is 0 Å². The highest BCUT2D eigenvalue weighted by molar-refractivity contribution is 5.92. The molecule has 1 aliphatic heterocycles. The fourth-order valence-corrected chi connectivity index (χ4v) is 2.23. The molecule has 1 unspecified atom stereocenters. The molecule has 0 aliphatic carbocycles. The van der Waals surface area contributed by atoms with E-state index in [2.05, 4.69) is 10.3 Å². The first-order chi connectivity index (χ1) is 9.20. The molecule has 1 atom stereocenters. The van der Waals surface area contributed by atoms with Gasteiger partial charge in [0, 0.05) is 27.2 Å². The van der Waals surface area contributed by atoms with Crippen molar-refractivity contribution in [3.8, 4) is 0 Å². The van der Waals surface area contributed by atoms with Gasteiger partial charge in [-0.3, -0.25) is 4.79 Å². The Morgan fingerprint density at radius 2 is 2.37 bits per heavy atom. The zero-order chi connectivity index (χ0) is 13.7. The molecule has 1 aliphatic rings. The topological polar surface area (TPSA) is 54.5 Å². The molecule has 5 heteroatoms. The van der Waals surface area contributed by atoms with Gasteiger partial charge in [0.1, 0.15) is 11.5 Å². The summed E-state index contributed by atoms with van der Waals surface area (Å²) in [6, 6.07) is 5.40. The third-order valence-electron chi connectivity index (χ3n) is 3.32. The van der Waals surface area contributed by atoms with Crippen LogP contribution in [0.1, 0.15) is 29.8 Å². The maximum atomic E-state index is 12.3. The van der Waals surface area contributed by atoms with E-state index >= 15 is 0 Å². The van der Waals surface area contributed by atoms with Gasteiger partial charge in [-0.15, -0.1) is 0 Å². The Hall–Kier alpha value is -1.62. The van der Waals surface area contributed by atoms with E-state index in [1.807, 2.05) is 12.1 Å². The standard InChI is InChI=1S/C14H21N3O2/c1-15-13-8-5-7-12(16-13)14(18)17(2)10-11-6-3-4-9-19-11/h5,7-8,11H,3-4,6,9-10H2,1-2H3,(H,15,16). The van der Waals surface area contributed by atoms with Crippen LogP contribution in [0, 0.1) is 0 Å². The number of carbonyl (C=O) groups is 1. The van der Waals surface area contributed by atoms with Crippen molar-refractivity contribution >= 4 is 11.7 Å². The van der Waals surface area contributed by atoms with Crippen molar-refractivity contribution in [2.24, 2.45) is 0 Å². The van der Waals surface area contributed by atoms with Gasteiger partial charge in [-0.05, 0) is 31.4 Å². The minimum absolute atomic E-state index is 0.0636. The molecule has 0 bridgehead atoms. The molecule has 1 saturated heterocycles. The van der Waals surface area contributed by atoms with Crippen molar-refractivity contribution in [3.05, 3.63) is 23.9 Å². The third-order valence-corrected chi connectivity index (χ3v) is 3.32. The Morgan fingerprint density at radius 3 is 3.05 bits per heavy atom. The van der Waals surface area contributed by atoms with E-state index in [1.54, 1.807) is 25.1 Å². The smallest absolute Gasteiger partial charge is 0.272 e. The molecular weight excluding hydrogens is 242 g/mol. The molecule has 1 fully saturated rings. The Labute approximate surface area is 114 Å². The lowest BCUT2D eigenvalue weighted by Crippen LogP contribution is -2.37. The van der Waals surface area contributed by atoms with Crippen LogP contribution in [0.2, 0.25) is 0 Å². The number of likely N-dealkylation sites (N-methyl/N-ethyl adjacent to an activating group) is 1. The first kappa shape index (κ1) is 13.8. The number of amides is 1. The number of nitrogens with zero attached hydrogens (tertiary/aromatic N) is 2. The zero-order valence-corrected chi connectivity index (χ0v) is 11.6. The van der Waals surface area contributed by atoms with Crippen LogP contribution in [-0.4, -0.2) is 49.1 Å². The van der Waals surface area contributed by atoms with Crippen LogP contribution >= 0.6 is 0 Å². The van der Waals surface area contributed by atoms with E-state index < -0.39 is 0 Å². The number of aromatic nitrogens is 1. The lowest BCUT2D eigenvalue weighted by molar-refractivity contribution is -0.000286.